The van der Waals surface area contributed by atoms with E-state index in [-0.39, 0.29) is 22.0 Å². The zero-order valence-corrected chi connectivity index (χ0v) is 14.2. The van der Waals surface area contributed by atoms with Crippen molar-refractivity contribution in [1.29, 1.82) is 5.26 Å². The van der Waals surface area contributed by atoms with Crippen molar-refractivity contribution >= 4 is 15.5 Å². The first kappa shape index (κ1) is 16.6. The van der Waals surface area contributed by atoms with Crippen molar-refractivity contribution in [2.75, 3.05) is 12.0 Å². The van der Waals surface area contributed by atoms with Crippen LogP contribution in [0.1, 0.15) is 11.4 Å². The summed E-state index contributed by atoms with van der Waals surface area (Å²) in [5, 5.41) is 13.1. The van der Waals surface area contributed by atoms with Crippen LogP contribution in [-0.2, 0) is 9.84 Å². The Morgan fingerprint density at radius 2 is 1.88 bits per heavy atom. The van der Waals surface area contributed by atoms with Gasteiger partial charge in [-0.25, -0.2) is 13.4 Å². The van der Waals surface area contributed by atoms with Gasteiger partial charge >= 0.3 is 0 Å². The summed E-state index contributed by atoms with van der Waals surface area (Å²) in [5.74, 6) is 0.626. The van der Waals surface area contributed by atoms with Crippen LogP contribution in [0.3, 0.4) is 0 Å². The van der Waals surface area contributed by atoms with E-state index in [2.05, 4.69) is 15.1 Å². The number of anilines is 1. The van der Waals surface area contributed by atoms with E-state index in [4.69, 9.17) is 10.3 Å². The Hall–Kier alpha value is -3.25. The Bertz CT molecular complexity index is 1100. The zero-order valence-electron chi connectivity index (χ0n) is 13.4. The average molecular weight is 355 g/mol. The van der Waals surface area contributed by atoms with Gasteiger partial charge < -0.3 is 10.3 Å². The summed E-state index contributed by atoms with van der Waals surface area (Å²) in [4.78, 5) is 8.68. The quantitative estimate of drug-likeness (QED) is 0.753. The highest BCUT2D eigenvalue weighted by Gasteiger charge is 2.17. The summed E-state index contributed by atoms with van der Waals surface area (Å²) in [5.41, 5.74) is 7.56. The summed E-state index contributed by atoms with van der Waals surface area (Å²) in [7, 11) is -3.32. The first-order chi connectivity index (χ1) is 11.8. The zero-order chi connectivity index (χ0) is 18.2. The highest BCUT2D eigenvalue weighted by atomic mass is 32.2. The maximum Gasteiger partial charge on any atom is 0.276 e. The maximum absolute atomic E-state index is 11.6. The second-order valence-corrected chi connectivity index (χ2v) is 7.39. The molecule has 3 aromatic rings. The largest absolute Gasteiger partial charge is 0.398 e. The summed E-state index contributed by atoms with van der Waals surface area (Å²) in [6, 6.07) is 9.55. The number of nitriles is 1. The lowest BCUT2D eigenvalue weighted by Gasteiger charge is -2.08. The highest BCUT2D eigenvalue weighted by Crippen LogP contribution is 2.30. The number of nitrogens with zero attached hydrogens (tertiary/aromatic N) is 4. The number of pyridine rings is 1. The van der Waals surface area contributed by atoms with Gasteiger partial charge in [0.15, 0.2) is 15.7 Å². The first-order valence-electron chi connectivity index (χ1n) is 7.11. The molecule has 2 heterocycles. The lowest BCUT2D eigenvalue weighted by atomic mass is 10.0. The van der Waals surface area contributed by atoms with E-state index >= 15 is 0 Å². The van der Waals surface area contributed by atoms with E-state index in [1.54, 1.807) is 19.1 Å². The van der Waals surface area contributed by atoms with Crippen LogP contribution in [0, 0.1) is 18.3 Å². The fourth-order valence-electron chi connectivity index (χ4n) is 2.26. The van der Waals surface area contributed by atoms with Crippen molar-refractivity contribution in [1.82, 2.24) is 15.1 Å². The predicted molar refractivity (Wildman–Crippen MR) is 89.9 cm³/mol. The number of nitrogen functional groups attached to an aromatic ring is 1. The number of hydrogen-bond acceptors (Lipinski definition) is 8. The van der Waals surface area contributed by atoms with Gasteiger partial charge in [-0.05, 0) is 25.1 Å². The van der Waals surface area contributed by atoms with Crippen molar-refractivity contribution in [3.63, 3.8) is 0 Å². The van der Waals surface area contributed by atoms with Gasteiger partial charge in [0.2, 0.25) is 0 Å². The molecule has 0 radical (unpaired) electrons. The highest BCUT2D eigenvalue weighted by molar-refractivity contribution is 7.90. The number of aromatic nitrogens is 3. The molecule has 25 heavy (non-hydrogen) atoms. The molecule has 0 saturated heterocycles. The van der Waals surface area contributed by atoms with E-state index in [1.165, 1.54) is 18.2 Å². The third-order valence-electron chi connectivity index (χ3n) is 3.46. The molecular weight excluding hydrogens is 342 g/mol. The molecular formula is C16H13N5O3S. The molecule has 0 amide bonds. The molecule has 3 rings (SSSR count). The molecule has 0 unspecified atom stereocenters. The van der Waals surface area contributed by atoms with Crippen LogP contribution in [0.4, 0.5) is 5.69 Å². The van der Waals surface area contributed by atoms with Crippen LogP contribution < -0.4 is 5.73 Å². The summed E-state index contributed by atoms with van der Waals surface area (Å²) >= 11 is 0. The SMILES string of the molecule is Cc1noc(-c2cc(N)c(C#N)c(-c3ccc(S(C)(=O)=O)cc3)n2)n1. The van der Waals surface area contributed by atoms with Gasteiger partial charge in [0, 0.05) is 11.8 Å². The third-order valence-corrected chi connectivity index (χ3v) is 4.59. The van der Waals surface area contributed by atoms with Gasteiger partial charge in [-0.1, -0.05) is 17.3 Å². The first-order valence-corrected chi connectivity index (χ1v) is 9.00. The lowest BCUT2D eigenvalue weighted by Crippen LogP contribution is -2.00. The molecule has 0 aliphatic carbocycles. The van der Waals surface area contributed by atoms with E-state index in [0.29, 0.717) is 22.8 Å². The topological polar surface area (TPSA) is 136 Å². The average Bonchev–Trinajstić information content (AvgIpc) is 3.00. The van der Waals surface area contributed by atoms with Crippen LogP contribution in [0.5, 0.6) is 0 Å². The van der Waals surface area contributed by atoms with Crippen molar-refractivity contribution in [2.24, 2.45) is 0 Å². The van der Waals surface area contributed by atoms with Crippen LogP contribution in [0.25, 0.3) is 22.8 Å². The molecule has 0 aliphatic heterocycles. The van der Waals surface area contributed by atoms with Crippen molar-refractivity contribution in [3.05, 3.63) is 41.7 Å². The van der Waals surface area contributed by atoms with Crippen molar-refractivity contribution < 1.29 is 12.9 Å². The minimum atomic E-state index is -3.32. The van der Waals surface area contributed by atoms with Gasteiger partial charge in [0.1, 0.15) is 17.3 Å². The Kier molecular flexibility index (Phi) is 3.98. The second kappa shape index (κ2) is 5.99. The smallest absolute Gasteiger partial charge is 0.276 e. The van der Waals surface area contributed by atoms with Gasteiger partial charge in [-0.3, -0.25) is 0 Å². The minimum Gasteiger partial charge on any atom is -0.398 e. The maximum atomic E-state index is 11.6. The van der Waals surface area contributed by atoms with E-state index in [1.807, 2.05) is 6.07 Å². The van der Waals surface area contributed by atoms with Crippen molar-refractivity contribution in [3.8, 4) is 28.9 Å². The number of nitrogens with two attached hydrogens (primary N) is 1. The van der Waals surface area contributed by atoms with Gasteiger partial charge in [-0.2, -0.15) is 10.2 Å². The van der Waals surface area contributed by atoms with Gasteiger partial charge in [-0.15, -0.1) is 0 Å². The number of benzene rings is 1. The van der Waals surface area contributed by atoms with Gasteiger partial charge in [0.05, 0.1) is 16.3 Å². The monoisotopic (exact) mass is 355 g/mol. The fourth-order valence-corrected chi connectivity index (χ4v) is 2.89. The van der Waals surface area contributed by atoms with Crippen LogP contribution >= 0.6 is 0 Å². The van der Waals surface area contributed by atoms with E-state index in [9.17, 15) is 13.7 Å². The lowest BCUT2D eigenvalue weighted by molar-refractivity contribution is 0.424. The molecule has 1 aromatic carbocycles. The molecule has 0 fully saturated rings. The van der Waals surface area contributed by atoms with Crippen LogP contribution in [-0.4, -0.2) is 29.8 Å². The molecule has 8 nitrogen and oxygen atoms in total. The van der Waals surface area contributed by atoms with E-state index in [0.717, 1.165) is 6.26 Å². The second-order valence-electron chi connectivity index (χ2n) is 5.38. The molecule has 126 valence electrons. The Labute approximate surface area is 143 Å². The number of aryl methyl sites for hydroxylation is 1. The molecule has 0 saturated carbocycles. The number of sulfone groups is 1. The number of rotatable bonds is 3. The molecule has 2 aromatic heterocycles. The van der Waals surface area contributed by atoms with Crippen molar-refractivity contribution in [2.45, 2.75) is 11.8 Å². The Morgan fingerprint density at radius 3 is 2.40 bits per heavy atom. The summed E-state index contributed by atoms with van der Waals surface area (Å²) in [6.45, 7) is 1.67. The standard InChI is InChI=1S/C16H13N5O3S/c1-9-19-16(24-21-9)14-7-13(18)12(8-17)15(20-14)10-3-5-11(6-4-10)25(2,22)23/h3-7H,1-2H3,(H2,18,20). The fraction of sp³-hybridized carbons (Fsp3) is 0.125. The predicted octanol–water partition coefficient (Wildman–Crippen LogP) is 1.96. The Balaban J connectivity index is 2.17. The molecule has 0 aliphatic rings. The normalized spacial score (nSPS) is 11.2. The summed E-state index contributed by atoms with van der Waals surface area (Å²) < 4.78 is 28.3. The Morgan fingerprint density at radius 1 is 1.20 bits per heavy atom. The van der Waals surface area contributed by atoms with E-state index < -0.39 is 9.84 Å². The summed E-state index contributed by atoms with van der Waals surface area (Å²) in [6.07, 6.45) is 1.12. The van der Waals surface area contributed by atoms with Crippen LogP contribution in [0.2, 0.25) is 0 Å². The van der Waals surface area contributed by atoms with Crippen LogP contribution in [0.15, 0.2) is 39.8 Å². The molecule has 0 bridgehead atoms. The molecule has 0 spiro atoms. The minimum absolute atomic E-state index is 0.173. The van der Waals surface area contributed by atoms with Gasteiger partial charge in [0.25, 0.3) is 5.89 Å². The molecule has 0 atom stereocenters. The third kappa shape index (κ3) is 3.20. The molecule has 9 heteroatoms. The number of hydrogen-bond donors (Lipinski definition) is 1. The molecule has 2 N–H and O–H groups in total.